The van der Waals surface area contributed by atoms with Gasteiger partial charge in [0.15, 0.2) is 15.8 Å². The summed E-state index contributed by atoms with van der Waals surface area (Å²) in [6, 6.07) is 11.0. The molecule has 3 heterocycles. The minimum Gasteiger partial charge on any atom is -0.373 e. The second-order valence-corrected chi connectivity index (χ2v) is 10.9. The predicted molar refractivity (Wildman–Crippen MR) is 138 cm³/mol. The van der Waals surface area contributed by atoms with Gasteiger partial charge in [0, 0.05) is 52.4 Å². The monoisotopic (exact) mass is 577 g/mol. The topological polar surface area (TPSA) is 77.5 Å². The summed E-state index contributed by atoms with van der Waals surface area (Å²) >= 11 is 0. The van der Waals surface area contributed by atoms with Gasteiger partial charge in [0.1, 0.15) is 0 Å². The van der Waals surface area contributed by atoms with E-state index in [0.717, 1.165) is 51.8 Å². The Morgan fingerprint density at radius 2 is 1.91 bits per heavy atom. The minimum atomic E-state index is -2.84. The molecule has 3 aliphatic heterocycles. The van der Waals surface area contributed by atoms with Crippen molar-refractivity contribution in [3.05, 3.63) is 35.9 Å². The summed E-state index contributed by atoms with van der Waals surface area (Å²) < 4.78 is 29.3. The predicted octanol–water partition coefficient (Wildman–Crippen LogP) is 0.886. The Morgan fingerprint density at radius 1 is 1.16 bits per heavy atom. The molecule has 0 aromatic heterocycles. The van der Waals surface area contributed by atoms with E-state index in [9.17, 15) is 8.42 Å². The number of ether oxygens (including phenoxy) is 1. The second-order valence-electron chi connectivity index (χ2n) is 8.57. The first-order chi connectivity index (χ1) is 15.0. The molecule has 4 rings (SSSR count). The molecule has 180 valence electrons. The molecule has 0 radical (unpaired) electrons. The largest absolute Gasteiger partial charge is 0.373 e. The van der Waals surface area contributed by atoms with Crippen LogP contribution in [0.15, 0.2) is 35.3 Å². The summed E-state index contributed by atoms with van der Waals surface area (Å²) in [5, 5.41) is 3.44. The number of halogens is 1. The van der Waals surface area contributed by atoms with Crippen LogP contribution in [0.3, 0.4) is 0 Å². The van der Waals surface area contributed by atoms with Crippen molar-refractivity contribution < 1.29 is 13.2 Å². The summed E-state index contributed by atoms with van der Waals surface area (Å²) in [5.74, 6) is 1.46. The number of sulfone groups is 1. The standard InChI is InChI=1S/C22H35N5O3S.HI/c1-2-23-22(24-8-9-25-11-14-31(28,29)15-12-25)27-17-20-21(18-27)30-13-10-26(20)16-19-6-4-3-5-7-19;/h3-7,20-21H,2,8-18H2,1H3,(H,23,24);1H. The number of morpholine rings is 1. The molecule has 8 nitrogen and oxygen atoms in total. The van der Waals surface area contributed by atoms with Crippen molar-refractivity contribution in [1.29, 1.82) is 0 Å². The van der Waals surface area contributed by atoms with Gasteiger partial charge < -0.3 is 15.0 Å². The number of likely N-dealkylation sites (tertiary alicyclic amines) is 1. The van der Waals surface area contributed by atoms with Crippen molar-refractivity contribution in [1.82, 2.24) is 20.0 Å². The van der Waals surface area contributed by atoms with Gasteiger partial charge in [-0.1, -0.05) is 30.3 Å². The molecule has 3 fully saturated rings. The first-order valence-corrected chi connectivity index (χ1v) is 13.2. The molecule has 0 aliphatic carbocycles. The van der Waals surface area contributed by atoms with Crippen LogP contribution in [-0.4, -0.2) is 112 Å². The fourth-order valence-electron chi connectivity index (χ4n) is 4.64. The highest BCUT2D eigenvalue weighted by Crippen LogP contribution is 2.24. The molecule has 2 unspecified atom stereocenters. The Hall–Kier alpha value is -0.950. The quantitative estimate of drug-likeness (QED) is 0.306. The molecule has 3 saturated heterocycles. The maximum Gasteiger partial charge on any atom is 0.194 e. The maximum atomic E-state index is 11.6. The molecule has 1 N–H and O–H groups in total. The van der Waals surface area contributed by atoms with Crippen LogP contribution in [0.5, 0.6) is 0 Å². The summed E-state index contributed by atoms with van der Waals surface area (Å²) in [5.41, 5.74) is 1.34. The molecular weight excluding hydrogens is 541 g/mol. The van der Waals surface area contributed by atoms with Crippen LogP contribution in [0.4, 0.5) is 0 Å². The molecule has 0 spiro atoms. The van der Waals surface area contributed by atoms with Gasteiger partial charge in [0.05, 0.1) is 36.8 Å². The molecule has 1 aromatic rings. The number of guanidine groups is 1. The van der Waals surface area contributed by atoms with E-state index < -0.39 is 9.84 Å². The zero-order valence-corrected chi connectivity index (χ0v) is 22.0. The average molecular weight is 578 g/mol. The Kier molecular flexibility index (Phi) is 9.59. The maximum absolute atomic E-state index is 11.6. The second kappa shape index (κ2) is 12.0. The van der Waals surface area contributed by atoms with Gasteiger partial charge in [-0.25, -0.2) is 8.42 Å². The van der Waals surface area contributed by atoms with Crippen molar-refractivity contribution in [3.63, 3.8) is 0 Å². The van der Waals surface area contributed by atoms with Crippen LogP contribution in [0, 0.1) is 0 Å². The Labute approximate surface area is 209 Å². The number of nitrogens with one attached hydrogen (secondary N) is 1. The molecule has 3 aliphatic rings. The molecule has 0 saturated carbocycles. The molecule has 0 bridgehead atoms. The fourth-order valence-corrected chi connectivity index (χ4v) is 5.92. The van der Waals surface area contributed by atoms with E-state index in [-0.39, 0.29) is 41.6 Å². The van der Waals surface area contributed by atoms with E-state index in [1.807, 2.05) is 0 Å². The first-order valence-electron chi connectivity index (χ1n) is 11.4. The van der Waals surface area contributed by atoms with Crippen LogP contribution in [0.25, 0.3) is 0 Å². The van der Waals surface area contributed by atoms with E-state index in [1.165, 1.54) is 5.56 Å². The summed E-state index contributed by atoms with van der Waals surface area (Å²) in [6.45, 7) is 10.0. The third-order valence-corrected chi connectivity index (χ3v) is 8.00. The Morgan fingerprint density at radius 3 is 2.62 bits per heavy atom. The lowest BCUT2D eigenvalue weighted by Gasteiger charge is -2.36. The van der Waals surface area contributed by atoms with Gasteiger partial charge in [0.2, 0.25) is 0 Å². The summed E-state index contributed by atoms with van der Waals surface area (Å²) in [4.78, 5) is 11.9. The van der Waals surface area contributed by atoms with Crippen LogP contribution in [-0.2, 0) is 21.1 Å². The highest BCUT2D eigenvalue weighted by Gasteiger charge is 2.41. The van der Waals surface area contributed by atoms with E-state index >= 15 is 0 Å². The highest BCUT2D eigenvalue weighted by molar-refractivity contribution is 14.0. The molecule has 0 amide bonds. The molecular formula is C22H36IN5O3S. The van der Waals surface area contributed by atoms with Gasteiger partial charge >= 0.3 is 0 Å². The van der Waals surface area contributed by atoms with Gasteiger partial charge in [-0.15, -0.1) is 24.0 Å². The van der Waals surface area contributed by atoms with Crippen LogP contribution in [0.2, 0.25) is 0 Å². The molecule has 1 aromatic carbocycles. The summed E-state index contributed by atoms with van der Waals surface area (Å²) in [7, 11) is -2.84. The smallest absolute Gasteiger partial charge is 0.194 e. The fraction of sp³-hybridized carbons (Fsp3) is 0.682. The van der Waals surface area contributed by atoms with Crippen molar-refractivity contribution in [2.45, 2.75) is 25.6 Å². The number of rotatable bonds is 6. The van der Waals surface area contributed by atoms with E-state index in [4.69, 9.17) is 9.73 Å². The van der Waals surface area contributed by atoms with Crippen LogP contribution >= 0.6 is 24.0 Å². The van der Waals surface area contributed by atoms with E-state index in [2.05, 4.69) is 57.3 Å². The lowest BCUT2D eigenvalue weighted by atomic mass is 10.1. The highest BCUT2D eigenvalue weighted by atomic mass is 127. The van der Waals surface area contributed by atoms with Crippen molar-refractivity contribution >= 4 is 39.8 Å². The SMILES string of the molecule is CCNC(=NCCN1CCS(=O)(=O)CC1)N1CC2OCCN(Cc3ccccc3)C2C1.I. The van der Waals surface area contributed by atoms with Crippen molar-refractivity contribution in [2.24, 2.45) is 4.99 Å². The zero-order valence-electron chi connectivity index (χ0n) is 18.9. The van der Waals surface area contributed by atoms with Gasteiger partial charge in [-0.2, -0.15) is 0 Å². The van der Waals surface area contributed by atoms with Crippen molar-refractivity contribution in [2.75, 3.05) is 70.5 Å². The number of aliphatic imine (C=N–C) groups is 1. The zero-order chi connectivity index (χ0) is 21.7. The third kappa shape index (κ3) is 6.78. The Bertz CT molecular complexity index is 840. The normalized spacial score (nSPS) is 26.4. The van der Waals surface area contributed by atoms with E-state index in [1.54, 1.807) is 0 Å². The average Bonchev–Trinajstić information content (AvgIpc) is 3.20. The summed E-state index contributed by atoms with van der Waals surface area (Å²) in [6.07, 6.45) is 0.202. The third-order valence-electron chi connectivity index (χ3n) is 6.39. The number of fused-ring (bicyclic) bond motifs is 1. The number of hydrogen-bond donors (Lipinski definition) is 1. The van der Waals surface area contributed by atoms with Crippen molar-refractivity contribution in [3.8, 4) is 0 Å². The number of benzene rings is 1. The minimum absolute atomic E-state index is 0. The Balaban J connectivity index is 0.00000289. The molecule has 32 heavy (non-hydrogen) atoms. The lowest BCUT2D eigenvalue weighted by Crippen LogP contribution is -2.50. The van der Waals surface area contributed by atoms with Crippen LogP contribution in [0.1, 0.15) is 12.5 Å². The van der Waals surface area contributed by atoms with Gasteiger partial charge in [-0.05, 0) is 12.5 Å². The number of hydrogen-bond acceptors (Lipinski definition) is 6. The first kappa shape index (κ1) is 25.7. The van der Waals surface area contributed by atoms with E-state index in [0.29, 0.717) is 25.7 Å². The molecule has 10 heteroatoms. The van der Waals surface area contributed by atoms with Gasteiger partial charge in [0.25, 0.3) is 0 Å². The van der Waals surface area contributed by atoms with Crippen LogP contribution < -0.4 is 5.32 Å². The lowest BCUT2D eigenvalue weighted by molar-refractivity contribution is -0.0502. The molecule has 2 atom stereocenters. The van der Waals surface area contributed by atoms with Gasteiger partial charge in [-0.3, -0.25) is 14.8 Å². The number of nitrogens with zero attached hydrogens (tertiary/aromatic N) is 4.